The van der Waals surface area contributed by atoms with Crippen LogP contribution < -0.4 is 14.8 Å². The third-order valence-corrected chi connectivity index (χ3v) is 6.23. The highest BCUT2D eigenvalue weighted by molar-refractivity contribution is 8.00. The molecule has 8 nitrogen and oxygen atoms in total. The van der Waals surface area contributed by atoms with E-state index in [1.807, 2.05) is 52.0 Å². The molecular formula is C22H25N5O3S. The van der Waals surface area contributed by atoms with E-state index in [1.54, 1.807) is 23.6 Å². The van der Waals surface area contributed by atoms with Crippen molar-refractivity contribution in [3.8, 4) is 17.4 Å². The smallest absolute Gasteiger partial charge is 0.252 e. The summed E-state index contributed by atoms with van der Waals surface area (Å²) >= 11 is 1.55. The molecule has 1 amide bonds. The third kappa shape index (κ3) is 4.10. The number of benzene rings is 1. The van der Waals surface area contributed by atoms with Gasteiger partial charge in [0.25, 0.3) is 5.95 Å². The third-order valence-electron chi connectivity index (χ3n) is 4.96. The molecule has 0 fully saturated rings. The van der Waals surface area contributed by atoms with Crippen LogP contribution >= 0.6 is 11.8 Å². The summed E-state index contributed by atoms with van der Waals surface area (Å²) in [5, 5.41) is 7.60. The van der Waals surface area contributed by atoms with E-state index in [0.29, 0.717) is 35.6 Å². The summed E-state index contributed by atoms with van der Waals surface area (Å²) in [7, 11) is 1.62. The van der Waals surface area contributed by atoms with Crippen molar-refractivity contribution in [1.82, 2.24) is 19.7 Å². The molecule has 0 bridgehead atoms. The molecule has 1 unspecified atom stereocenters. The highest BCUT2D eigenvalue weighted by Gasteiger charge is 2.31. The number of anilines is 1. The Labute approximate surface area is 185 Å². The number of amides is 1. The second kappa shape index (κ2) is 8.58. The van der Waals surface area contributed by atoms with E-state index in [0.717, 1.165) is 28.2 Å². The van der Waals surface area contributed by atoms with E-state index in [9.17, 15) is 4.79 Å². The lowest BCUT2D eigenvalue weighted by Gasteiger charge is -2.18. The van der Waals surface area contributed by atoms with Crippen molar-refractivity contribution in [2.45, 2.75) is 32.9 Å². The molecule has 1 aromatic carbocycles. The summed E-state index contributed by atoms with van der Waals surface area (Å²) in [5.74, 6) is 2.64. The standard InChI is InChI=1S/C22H25N5O3S/c1-6-30-16-8-7-15(10-17(16)29-5)20-19-14(4)26-27(21(19)25-18(28)11-31-20)22-23-12(2)9-13(3)24-22/h7-10,20H,6,11H2,1-5H3,(H,25,28). The molecule has 1 aliphatic rings. The number of carbonyl (C=O) groups is 1. The molecule has 162 valence electrons. The van der Waals surface area contributed by atoms with Gasteiger partial charge < -0.3 is 14.8 Å². The number of hydrogen-bond donors (Lipinski definition) is 1. The summed E-state index contributed by atoms with van der Waals surface area (Å²) in [6, 6.07) is 7.79. The summed E-state index contributed by atoms with van der Waals surface area (Å²) in [6.07, 6.45) is 0. The Kier molecular flexibility index (Phi) is 5.86. The normalized spacial score (nSPS) is 15.8. The summed E-state index contributed by atoms with van der Waals surface area (Å²) < 4.78 is 12.8. The van der Waals surface area contributed by atoms with Crippen molar-refractivity contribution >= 4 is 23.5 Å². The number of nitrogens with one attached hydrogen (secondary N) is 1. The maximum absolute atomic E-state index is 12.6. The molecule has 0 saturated carbocycles. The quantitative estimate of drug-likeness (QED) is 0.647. The van der Waals surface area contributed by atoms with Gasteiger partial charge in [-0.05, 0) is 51.5 Å². The van der Waals surface area contributed by atoms with Crippen molar-refractivity contribution in [3.05, 3.63) is 52.5 Å². The average molecular weight is 440 g/mol. The van der Waals surface area contributed by atoms with E-state index in [2.05, 4.69) is 15.3 Å². The van der Waals surface area contributed by atoms with Gasteiger partial charge in [0.1, 0.15) is 5.82 Å². The zero-order valence-corrected chi connectivity index (χ0v) is 19.0. The van der Waals surface area contributed by atoms with Crippen LogP contribution in [-0.4, -0.2) is 45.1 Å². The second-order valence-corrected chi connectivity index (χ2v) is 8.39. The van der Waals surface area contributed by atoms with Crippen molar-refractivity contribution < 1.29 is 14.3 Å². The Bertz CT molecular complexity index is 1120. The molecule has 2 aromatic heterocycles. The van der Waals surface area contributed by atoms with E-state index < -0.39 is 0 Å². The number of fused-ring (bicyclic) bond motifs is 1. The van der Waals surface area contributed by atoms with Gasteiger partial charge in [0.05, 0.1) is 30.4 Å². The highest BCUT2D eigenvalue weighted by Crippen LogP contribution is 2.45. The minimum absolute atomic E-state index is 0.0859. The lowest BCUT2D eigenvalue weighted by molar-refractivity contribution is -0.113. The minimum atomic E-state index is -0.113. The number of thioether (sulfide) groups is 1. The van der Waals surface area contributed by atoms with Crippen molar-refractivity contribution in [2.75, 3.05) is 24.8 Å². The first kappa shape index (κ1) is 21.2. The van der Waals surface area contributed by atoms with Crippen LogP contribution in [0.2, 0.25) is 0 Å². The molecule has 9 heteroatoms. The van der Waals surface area contributed by atoms with Gasteiger partial charge >= 0.3 is 0 Å². The minimum Gasteiger partial charge on any atom is -0.493 e. The molecule has 0 spiro atoms. The molecule has 0 saturated heterocycles. The fourth-order valence-electron chi connectivity index (χ4n) is 3.72. The van der Waals surface area contributed by atoms with Gasteiger partial charge in [0.15, 0.2) is 11.5 Å². The Morgan fingerprint density at radius 2 is 1.90 bits per heavy atom. The second-order valence-electron chi connectivity index (χ2n) is 7.29. The topological polar surface area (TPSA) is 91.2 Å². The Hall–Kier alpha value is -3.07. The summed E-state index contributed by atoms with van der Waals surface area (Å²) in [4.78, 5) is 21.6. The van der Waals surface area contributed by atoms with Crippen LogP contribution in [0.4, 0.5) is 5.82 Å². The van der Waals surface area contributed by atoms with Crippen LogP contribution in [0.15, 0.2) is 24.3 Å². The highest BCUT2D eigenvalue weighted by atomic mass is 32.2. The van der Waals surface area contributed by atoms with Gasteiger partial charge in [-0.1, -0.05) is 6.07 Å². The molecule has 1 aliphatic heterocycles. The SMILES string of the molecule is CCOc1ccc(C2SCC(=O)Nc3c2c(C)nn3-c2nc(C)cc(C)n2)cc1OC. The monoisotopic (exact) mass is 439 g/mol. The molecule has 31 heavy (non-hydrogen) atoms. The van der Waals surface area contributed by atoms with Crippen LogP contribution in [0, 0.1) is 20.8 Å². The van der Waals surface area contributed by atoms with Gasteiger partial charge in [-0.15, -0.1) is 11.8 Å². The number of rotatable bonds is 5. The van der Waals surface area contributed by atoms with Gasteiger partial charge in [-0.25, -0.2) is 9.97 Å². The zero-order chi connectivity index (χ0) is 22.1. The molecule has 3 heterocycles. The predicted octanol–water partition coefficient (Wildman–Crippen LogP) is 3.77. The van der Waals surface area contributed by atoms with E-state index in [-0.39, 0.29) is 11.2 Å². The van der Waals surface area contributed by atoms with Crippen LogP contribution in [0.3, 0.4) is 0 Å². The lowest BCUT2D eigenvalue weighted by Crippen LogP contribution is -2.17. The maximum atomic E-state index is 12.6. The number of hydrogen-bond acceptors (Lipinski definition) is 7. The Morgan fingerprint density at radius 3 is 2.58 bits per heavy atom. The lowest BCUT2D eigenvalue weighted by atomic mass is 10.0. The Balaban J connectivity index is 1.86. The Morgan fingerprint density at radius 1 is 1.16 bits per heavy atom. The van der Waals surface area contributed by atoms with Gasteiger partial charge in [0, 0.05) is 17.0 Å². The largest absolute Gasteiger partial charge is 0.493 e. The maximum Gasteiger partial charge on any atom is 0.252 e. The first-order valence-corrected chi connectivity index (χ1v) is 11.1. The molecular weight excluding hydrogens is 414 g/mol. The number of nitrogens with zero attached hydrogens (tertiary/aromatic N) is 4. The molecule has 4 rings (SSSR count). The number of methoxy groups -OCH3 is 1. The molecule has 0 radical (unpaired) electrons. The van der Waals surface area contributed by atoms with Crippen molar-refractivity contribution in [3.63, 3.8) is 0 Å². The zero-order valence-electron chi connectivity index (χ0n) is 18.2. The number of ether oxygens (including phenoxy) is 2. The van der Waals surface area contributed by atoms with E-state index in [4.69, 9.17) is 14.6 Å². The fraction of sp³-hybridized carbons (Fsp3) is 0.364. The van der Waals surface area contributed by atoms with Crippen molar-refractivity contribution in [1.29, 1.82) is 0 Å². The van der Waals surface area contributed by atoms with Crippen molar-refractivity contribution in [2.24, 2.45) is 0 Å². The number of aryl methyl sites for hydroxylation is 3. The summed E-state index contributed by atoms with van der Waals surface area (Å²) in [5.41, 5.74) is 4.43. The van der Waals surface area contributed by atoms with Crippen LogP contribution in [0.1, 0.15) is 40.4 Å². The number of aromatic nitrogens is 4. The van der Waals surface area contributed by atoms with Crippen LogP contribution in [0.25, 0.3) is 5.95 Å². The molecule has 1 atom stereocenters. The van der Waals surface area contributed by atoms with Gasteiger partial charge in [-0.3, -0.25) is 4.79 Å². The van der Waals surface area contributed by atoms with E-state index >= 15 is 0 Å². The first-order chi connectivity index (χ1) is 14.9. The molecule has 3 aromatic rings. The molecule has 0 aliphatic carbocycles. The summed E-state index contributed by atoms with van der Waals surface area (Å²) in [6.45, 7) is 8.26. The van der Waals surface area contributed by atoms with Crippen LogP contribution in [-0.2, 0) is 4.79 Å². The molecule has 1 N–H and O–H groups in total. The van der Waals surface area contributed by atoms with Crippen LogP contribution in [0.5, 0.6) is 11.5 Å². The van der Waals surface area contributed by atoms with Gasteiger partial charge in [-0.2, -0.15) is 9.78 Å². The van der Waals surface area contributed by atoms with Gasteiger partial charge in [0.2, 0.25) is 5.91 Å². The van der Waals surface area contributed by atoms with E-state index in [1.165, 1.54) is 0 Å². The number of carbonyl (C=O) groups excluding carboxylic acids is 1. The fourth-order valence-corrected chi connectivity index (χ4v) is 4.89. The average Bonchev–Trinajstić information content (AvgIpc) is 2.93. The first-order valence-electron chi connectivity index (χ1n) is 10.1. The predicted molar refractivity (Wildman–Crippen MR) is 120 cm³/mol.